The molecule has 0 saturated heterocycles. The molecule has 0 atom stereocenters. The van der Waals surface area contributed by atoms with E-state index in [1.54, 1.807) is 0 Å². The molecule has 0 spiro atoms. The highest BCUT2D eigenvalue weighted by Gasteiger charge is 2.29. The molecule has 1 saturated carbocycles. The van der Waals surface area contributed by atoms with E-state index >= 15 is 0 Å². The summed E-state index contributed by atoms with van der Waals surface area (Å²) in [6.07, 6.45) is 7.68. The van der Waals surface area contributed by atoms with Crippen molar-refractivity contribution in [2.45, 2.75) is 63.9 Å². The van der Waals surface area contributed by atoms with Crippen LogP contribution >= 0.6 is 0 Å². The maximum atomic E-state index is 12.4. The predicted molar refractivity (Wildman–Crippen MR) is 89.9 cm³/mol. The Morgan fingerprint density at radius 3 is 2.55 bits per heavy atom. The summed E-state index contributed by atoms with van der Waals surface area (Å²) < 4.78 is 5.88. The Labute approximate surface area is 134 Å². The molecule has 1 aliphatic rings. The quantitative estimate of drug-likeness (QED) is 0.778. The summed E-state index contributed by atoms with van der Waals surface area (Å²) in [5.41, 5.74) is 0.553. The van der Waals surface area contributed by atoms with Crippen LogP contribution in [0.25, 0.3) is 0 Å². The molecule has 0 aromatic heterocycles. The van der Waals surface area contributed by atoms with Crippen LogP contribution in [0.5, 0.6) is 0 Å². The first-order chi connectivity index (χ1) is 10.6. The van der Waals surface area contributed by atoms with Crippen LogP contribution in [0.2, 0.25) is 0 Å². The van der Waals surface area contributed by atoms with Gasteiger partial charge in [0, 0.05) is 13.2 Å². The molecule has 0 unspecified atom stereocenters. The fourth-order valence-corrected chi connectivity index (χ4v) is 2.96. The number of benzene rings is 1. The van der Waals surface area contributed by atoms with E-state index in [4.69, 9.17) is 4.74 Å². The second kappa shape index (κ2) is 8.33. The number of carbonyl (C=O) groups excluding carboxylic acids is 1. The zero-order chi connectivity index (χ0) is 15.8. The van der Waals surface area contributed by atoms with Crippen LogP contribution in [-0.2, 0) is 14.9 Å². The second-order valence-corrected chi connectivity index (χ2v) is 6.73. The SMILES string of the molecule is CC(C)(C(=O)NCCCOC1CCCCC1)c1ccccc1. The topological polar surface area (TPSA) is 38.3 Å². The Kier molecular flexibility index (Phi) is 6.44. The monoisotopic (exact) mass is 303 g/mol. The van der Waals surface area contributed by atoms with E-state index in [0.29, 0.717) is 12.6 Å². The summed E-state index contributed by atoms with van der Waals surface area (Å²) in [7, 11) is 0. The number of amides is 1. The number of carbonyl (C=O) groups is 1. The van der Waals surface area contributed by atoms with Crippen molar-refractivity contribution in [3.63, 3.8) is 0 Å². The molecule has 1 amide bonds. The molecule has 1 fully saturated rings. The molecule has 3 nitrogen and oxygen atoms in total. The van der Waals surface area contributed by atoms with Gasteiger partial charge in [-0.1, -0.05) is 49.6 Å². The van der Waals surface area contributed by atoms with Crippen LogP contribution in [-0.4, -0.2) is 25.2 Å². The van der Waals surface area contributed by atoms with Crippen LogP contribution in [0, 0.1) is 0 Å². The number of hydrogen-bond donors (Lipinski definition) is 1. The summed E-state index contributed by atoms with van der Waals surface area (Å²) in [6, 6.07) is 9.93. The standard InChI is InChI=1S/C19H29NO2/c1-19(2,16-10-5-3-6-11-16)18(21)20-14-9-15-22-17-12-7-4-8-13-17/h3,5-6,10-11,17H,4,7-9,12-15H2,1-2H3,(H,20,21). The molecule has 2 rings (SSSR count). The van der Waals surface area contributed by atoms with E-state index in [-0.39, 0.29) is 5.91 Å². The van der Waals surface area contributed by atoms with Crippen LogP contribution in [0.4, 0.5) is 0 Å². The lowest BCUT2D eigenvalue weighted by Gasteiger charge is -2.24. The molecule has 0 radical (unpaired) electrons. The zero-order valence-corrected chi connectivity index (χ0v) is 13.9. The number of nitrogens with one attached hydrogen (secondary N) is 1. The number of ether oxygens (including phenoxy) is 1. The minimum atomic E-state index is -0.495. The van der Waals surface area contributed by atoms with E-state index in [0.717, 1.165) is 18.6 Å². The van der Waals surface area contributed by atoms with Gasteiger partial charge in [0.15, 0.2) is 0 Å². The molecule has 122 valence electrons. The third kappa shape index (κ3) is 4.84. The summed E-state index contributed by atoms with van der Waals surface area (Å²) in [6.45, 7) is 5.37. The number of hydrogen-bond acceptors (Lipinski definition) is 2. The van der Waals surface area contributed by atoms with Gasteiger partial charge in [0.1, 0.15) is 0 Å². The molecular formula is C19H29NO2. The van der Waals surface area contributed by atoms with Gasteiger partial charge in [-0.3, -0.25) is 4.79 Å². The van der Waals surface area contributed by atoms with Crippen LogP contribution in [0.15, 0.2) is 30.3 Å². The van der Waals surface area contributed by atoms with Crippen LogP contribution < -0.4 is 5.32 Å². The van der Waals surface area contributed by atoms with Crippen molar-refractivity contribution in [1.29, 1.82) is 0 Å². The van der Waals surface area contributed by atoms with Crippen LogP contribution in [0.1, 0.15) is 57.9 Å². The minimum Gasteiger partial charge on any atom is -0.378 e. The van der Waals surface area contributed by atoms with Gasteiger partial charge < -0.3 is 10.1 Å². The Morgan fingerprint density at radius 2 is 1.86 bits per heavy atom. The Bertz CT molecular complexity index is 450. The van der Waals surface area contributed by atoms with Crippen molar-refractivity contribution in [3.8, 4) is 0 Å². The van der Waals surface area contributed by atoms with E-state index in [9.17, 15) is 4.79 Å². The first kappa shape index (κ1) is 17.0. The van der Waals surface area contributed by atoms with Crippen molar-refractivity contribution in [3.05, 3.63) is 35.9 Å². The van der Waals surface area contributed by atoms with Gasteiger partial charge in [-0.15, -0.1) is 0 Å². The molecule has 1 N–H and O–H groups in total. The molecule has 0 aliphatic heterocycles. The molecule has 1 aliphatic carbocycles. The van der Waals surface area contributed by atoms with Gasteiger partial charge in [-0.2, -0.15) is 0 Å². The highest BCUT2D eigenvalue weighted by atomic mass is 16.5. The summed E-state index contributed by atoms with van der Waals surface area (Å²) in [4.78, 5) is 12.4. The first-order valence-electron chi connectivity index (χ1n) is 8.56. The highest BCUT2D eigenvalue weighted by molar-refractivity contribution is 5.87. The average Bonchev–Trinajstić information content (AvgIpc) is 2.56. The molecule has 0 heterocycles. The molecule has 1 aromatic rings. The lowest BCUT2D eigenvalue weighted by Crippen LogP contribution is -2.40. The third-order valence-corrected chi connectivity index (χ3v) is 4.58. The Morgan fingerprint density at radius 1 is 1.18 bits per heavy atom. The van der Waals surface area contributed by atoms with Gasteiger partial charge in [-0.25, -0.2) is 0 Å². The largest absolute Gasteiger partial charge is 0.378 e. The fourth-order valence-electron chi connectivity index (χ4n) is 2.96. The normalized spacial score (nSPS) is 16.5. The van der Waals surface area contributed by atoms with Crippen molar-refractivity contribution < 1.29 is 9.53 Å². The molecule has 3 heteroatoms. The molecule has 0 bridgehead atoms. The summed E-state index contributed by atoms with van der Waals surface area (Å²) >= 11 is 0. The molecule has 1 aromatic carbocycles. The smallest absolute Gasteiger partial charge is 0.230 e. The summed E-state index contributed by atoms with van der Waals surface area (Å²) in [5.74, 6) is 0.0800. The Balaban J connectivity index is 1.66. The predicted octanol–water partition coefficient (Wildman–Crippen LogP) is 3.82. The van der Waals surface area contributed by atoms with Gasteiger partial charge in [0.25, 0.3) is 0 Å². The van der Waals surface area contributed by atoms with Crippen molar-refractivity contribution in [2.24, 2.45) is 0 Å². The average molecular weight is 303 g/mol. The van der Waals surface area contributed by atoms with Crippen molar-refractivity contribution in [2.75, 3.05) is 13.2 Å². The zero-order valence-electron chi connectivity index (χ0n) is 13.9. The first-order valence-corrected chi connectivity index (χ1v) is 8.56. The third-order valence-electron chi connectivity index (χ3n) is 4.58. The Hall–Kier alpha value is -1.35. The molecular weight excluding hydrogens is 274 g/mol. The maximum absolute atomic E-state index is 12.4. The van der Waals surface area contributed by atoms with Crippen LogP contribution in [0.3, 0.4) is 0 Å². The van der Waals surface area contributed by atoms with Gasteiger partial charge in [0.2, 0.25) is 5.91 Å². The van der Waals surface area contributed by atoms with E-state index < -0.39 is 5.41 Å². The van der Waals surface area contributed by atoms with Gasteiger partial charge >= 0.3 is 0 Å². The second-order valence-electron chi connectivity index (χ2n) is 6.73. The minimum absolute atomic E-state index is 0.0800. The number of rotatable bonds is 7. The maximum Gasteiger partial charge on any atom is 0.230 e. The molecule has 22 heavy (non-hydrogen) atoms. The van der Waals surface area contributed by atoms with Crippen molar-refractivity contribution >= 4 is 5.91 Å². The fraction of sp³-hybridized carbons (Fsp3) is 0.632. The summed E-state index contributed by atoms with van der Waals surface area (Å²) in [5, 5.41) is 3.04. The highest BCUT2D eigenvalue weighted by Crippen LogP contribution is 2.23. The van der Waals surface area contributed by atoms with E-state index in [1.807, 2.05) is 44.2 Å². The van der Waals surface area contributed by atoms with E-state index in [2.05, 4.69) is 5.32 Å². The lowest BCUT2D eigenvalue weighted by atomic mass is 9.84. The van der Waals surface area contributed by atoms with Gasteiger partial charge in [0.05, 0.1) is 11.5 Å². The van der Waals surface area contributed by atoms with Gasteiger partial charge in [-0.05, 0) is 38.7 Å². The lowest BCUT2D eigenvalue weighted by molar-refractivity contribution is -0.125. The van der Waals surface area contributed by atoms with Crippen molar-refractivity contribution in [1.82, 2.24) is 5.32 Å². The van der Waals surface area contributed by atoms with E-state index in [1.165, 1.54) is 32.1 Å².